The minimum atomic E-state index is 0.0755. The van der Waals surface area contributed by atoms with Gasteiger partial charge in [0.05, 0.1) is 24.4 Å². The van der Waals surface area contributed by atoms with Crippen LogP contribution in [-0.2, 0) is 4.74 Å². The summed E-state index contributed by atoms with van der Waals surface area (Å²) in [5, 5.41) is 10.1. The van der Waals surface area contributed by atoms with Gasteiger partial charge in [-0.2, -0.15) is 0 Å². The van der Waals surface area contributed by atoms with Gasteiger partial charge in [0.15, 0.2) is 0 Å². The average Bonchev–Trinajstić information content (AvgIpc) is 2.45. The van der Waals surface area contributed by atoms with Crippen molar-refractivity contribution < 1.29 is 9.84 Å². The maximum atomic E-state index is 9.23. The molecule has 1 aromatic carbocycles. The molecule has 0 aliphatic carbocycles. The normalized spacial score (nSPS) is 10.9. The van der Waals surface area contributed by atoms with E-state index in [4.69, 9.17) is 10.5 Å². The van der Waals surface area contributed by atoms with Crippen LogP contribution in [0.3, 0.4) is 0 Å². The Kier molecular flexibility index (Phi) is 5.17. The summed E-state index contributed by atoms with van der Waals surface area (Å²) < 4.78 is 6.01. The molecule has 3 N–H and O–H groups in total. The van der Waals surface area contributed by atoms with E-state index in [0.29, 0.717) is 25.4 Å². The second-order valence-corrected chi connectivity index (χ2v) is 5.34. The lowest BCUT2D eigenvalue weighted by molar-refractivity contribution is 0.203. The smallest absolute Gasteiger partial charge is 0.0956 e. The van der Waals surface area contributed by atoms with E-state index in [-0.39, 0.29) is 6.61 Å². The summed E-state index contributed by atoms with van der Waals surface area (Å²) >= 11 is 3.41. The largest absolute Gasteiger partial charge is 0.398 e. The number of aliphatic hydroxyl groups is 1. The van der Waals surface area contributed by atoms with Gasteiger partial charge in [-0.25, -0.2) is 0 Å². The summed E-state index contributed by atoms with van der Waals surface area (Å²) in [6, 6.07) is 5.75. The third-order valence-corrected chi connectivity index (χ3v) is 3.54. The van der Waals surface area contributed by atoms with Gasteiger partial charge in [0.2, 0.25) is 0 Å². The number of nitrogens with two attached hydrogens (primary N) is 1. The number of hydrogen-bond acceptors (Lipinski definition) is 5. The highest BCUT2D eigenvalue weighted by atomic mass is 79.9. The van der Waals surface area contributed by atoms with Crippen LogP contribution in [0.25, 0.3) is 10.9 Å². The quantitative estimate of drug-likeness (QED) is 0.788. The molecule has 0 bridgehead atoms. The van der Waals surface area contributed by atoms with Gasteiger partial charge < -0.3 is 20.5 Å². The third-order valence-electron chi connectivity index (χ3n) is 3.10. The van der Waals surface area contributed by atoms with Crippen molar-refractivity contribution in [3.8, 4) is 0 Å². The maximum Gasteiger partial charge on any atom is 0.0956 e. The molecule has 0 aliphatic rings. The number of nitrogen functional groups attached to an aromatic ring is 1. The molecule has 0 amide bonds. The van der Waals surface area contributed by atoms with Crippen molar-refractivity contribution in [3.05, 3.63) is 28.9 Å². The lowest BCUT2D eigenvalue weighted by Gasteiger charge is -2.25. The zero-order valence-electron chi connectivity index (χ0n) is 11.3. The molecule has 2 rings (SSSR count). The molecule has 0 saturated carbocycles. The number of halogens is 1. The average molecular weight is 340 g/mol. The fraction of sp³-hybridized carbons (Fsp3) is 0.357. The maximum absolute atomic E-state index is 9.23. The van der Waals surface area contributed by atoms with E-state index in [0.717, 1.165) is 21.1 Å². The first-order valence-electron chi connectivity index (χ1n) is 6.36. The first kappa shape index (κ1) is 15.0. The van der Waals surface area contributed by atoms with Gasteiger partial charge >= 0.3 is 0 Å². The summed E-state index contributed by atoms with van der Waals surface area (Å²) in [6.45, 7) is 1.88. The van der Waals surface area contributed by atoms with E-state index in [2.05, 4.69) is 20.9 Å². The first-order chi connectivity index (χ1) is 9.67. The molecule has 0 saturated heterocycles. The van der Waals surface area contributed by atoms with Crippen LogP contribution >= 0.6 is 15.9 Å². The van der Waals surface area contributed by atoms with E-state index in [1.807, 2.05) is 23.1 Å². The van der Waals surface area contributed by atoms with Crippen molar-refractivity contribution >= 4 is 38.2 Å². The van der Waals surface area contributed by atoms with Gasteiger partial charge in [-0.3, -0.25) is 4.98 Å². The summed E-state index contributed by atoms with van der Waals surface area (Å²) in [4.78, 5) is 6.51. The van der Waals surface area contributed by atoms with Crippen LogP contribution in [0.2, 0.25) is 0 Å². The molecule has 1 heterocycles. The Balaban J connectivity index is 2.48. The van der Waals surface area contributed by atoms with Crippen LogP contribution < -0.4 is 10.6 Å². The fourth-order valence-electron chi connectivity index (χ4n) is 2.13. The number of methoxy groups -OCH3 is 1. The molecule has 1 aromatic heterocycles. The van der Waals surface area contributed by atoms with Gasteiger partial charge in [-0.15, -0.1) is 0 Å². The van der Waals surface area contributed by atoms with Gasteiger partial charge in [-0.05, 0) is 34.1 Å². The van der Waals surface area contributed by atoms with Crippen LogP contribution in [0.5, 0.6) is 0 Å². The van der Waals surface area contributed by atoms with E-state index < -0.39 is 0 Å². The van der Waals surface area contributed by atoms with Crippen LogP contribution in [0, 0.1) is 0 Å². The highest BCUT2D eigenvalue weighted by Gasteiger charge is 2.12. The second-order valence-electron chi connectivity index (χ2n) is 4.43. The van der Waals surface area contributed by atoms with E-state index in [1.165, 1.54) is 0 Å². The number of nitrogens with zero attached hydrogens (tertiary/aromatic N) is 2. The van der Waals surface area contributed by atoms with Crippen molar-refractivity contribution in [2.45, 2.75) is 0 Å². The number of anilines is 2. The Morgan fingerprint density at radius 1 is 1.40 bits per heavy atom. The minimum Gasteiger partial charge on any atom is -0.398 e. The molecule has 0 spiro atoms. The number of benzene rings is 1. The Hall–Kier alpha value is -1.37. The molecular formula is C14H18BrN3O2. The zero-order valence-corrected chi connectivity index (χ0v) is 12.9. The predicted octanol–water partition coefficient (Wildman–Crippen LogP) is 2.02. The summed E-state index contributed by atoms with van der Waals surface area (Å²) in [5.41, 5.74) is 8.49. The van der Waals surface area contributed by atoms with Crippen LogP contribution in [0.15, 0.2) is 28.9 Å². The highest BCUT2D eigenvalue weighted by Crippen LogP contribution is 2.31. The number of aromatic nitrogens is 1. The molecule has 0 aliphatic heterocycles. The SMILES string of the molecule is COCCN(CCO)c1ccc(N)c2cc(Br)cnc12. The van der Waals surface area contributed by atoms with Crippen molar-refractivity contribution in [2.75, 3.05) is 44.0 Å². The summed E-state index contributed by atoms with van der Waals surface area (Å²) in [5.74, 6) is 0. The van der Waals surface area contributed by atoms with Gasteiger partial charge in [0, 0.05) is 41.9 Å². The van der Waals surface area contributed by atoms with Crippen LogP contribution in [0.1, 0.15) is 0 Å². The molecule has 0 radical (unpaired) electrons. The van der Waals surface area contributed by atoms with Crippen LogP contribution in [0.4, 0.5) is 11.4 Å². The fourth-order valence-corrected chi connectivity index (χ4v) is 2.46. The number of rotatable bonds is 6. The monoisotopic (exact) mass is 339 g/mol. The molecule has 0 unspecified atom stereocenters. The lowest BCUT2D eigenvalue weighted by Crippen LogP contribution is -2.30. The van der Waals surface area contributed by atoms with Crippen molar-refractivity contribution in [2.24, 2.45) is 0 Å². The number of aliphatic hydroxyl groups excluding tert-OH is 1. The number of pyridine rings is 1. The van der Waals surface area contributed by atoms with E-state index >= 15 is 0 Å². The Morgan fingerprint density at radius 2 is 2.20 bits per heavy atom. The van der Waals surface area contributed by atoms with E-state index in [9.17, 15) is 5.11 Å². The molecule has 2 aromatic rings. The van der Waals surface area contributed by atoms with Crippen molar-refractivity contribution in [3.63, 3.8) is 0 Å². The molecule has 0 fully saturated rings. The molecular weight excluding hydrogens is 322 g/mol. The van der Waals surface area contributed by atoms with E-state index in [1.54, 1.807) is 13.3 Å². The lowest BCUT2D eigenvalue weighted by atomic mass is 10.1. The third kappa shape index (κ3) is 3.20. The van der Waals surface area contributed by atoms with Gasteiger partial charge in [-0.1, -0.05) is 0 Å². The molecule has 108 valence electrons. The molecule has 20 heavy (non-hydrogen) atoms. The summed E-state index contributed by atoms with van der Waals surface area (Å²) in [6.07, 6.45) is 1.75. The van der Waals surface area contributed by atoms with Gasteiger partial charge in [0.25, 0.3) is 0 Å². The topological polar surface area (TPSA) is 71.6 Å². The van der Waals surface area contributed by atoms with Gasteiger partial charge in [0.1, 0.15) is 0 Å². The Labute approximate surface area is 126 Å². The predicted molar refractivity (Wildman–Crippen MR) is 85.0 cm³/mol. The molecule has 0 atom stereocenters. The Morgan fingerprint density at radius 3 is 2.90 bits per heavy atom. The molecule has 6 heteroatoms. The summed E-state index contributed by atoms with van der Waals surface area (Å²) in [7, 11) is 1.66. The second kappa shape index (κ2) is 6.88. The van der Waals surface area contributed by atoms with Crippen LogP contribution in [-0.4, -0.2) is 43.5 Å². The number of fused-ring (bicyclic) bond motifs is 1. The Bertz CT molecular complexity index is 592. The standard InChI is InChI=1S/C14H18BrN3O2/c1-20-7-5-18(4-6-19)13-3-2-12(16)11-8-10(15)9-17-14(11)13/h2-3,8-9,19H,4-7,16H2,1H3. The highest BCUT2D eigenvalue weighted by molar-refractivity contribution is 9.10. The number of hydrogen-bond donors (Lipinski definition) is 2. The minimum absolute atomic E-state index is 0.0755. The zero-order chi connectivity index (χ0) is 14.5. The van der Waals surface area contributed by atoms with Crippen molar-refractivity contribution in [1.82, 2.24) is 4.98 Å². The first-order valence-corrected chi connectivity index (χ1v) is 7.15. The number of ether oxygens (including phenoxy) is 1. The van der Waals surface area contributed by atoms with Crippen molar-refractivity contribution in [1.29, 1.82) is 0 Å². The molecule has 5 nitrogen and oxygen atoms in total.